The maximum atomic E-state index is 12.2. The normalized spacial score (nSPS) is 19.5. The van der Waals surface area contributed by atoms with Crippen molar-refractivity contribution in [3.8, 4) is 0 Å². The maximum Gasteiger partial charge on any atom is 0.238 e. The summed E-state index contributed by atoms with van der Waals surface area (Å²) in [6, 6.07) is 5.88. The Labute approximate surface area is 135 Å². The van der Waals surface area contributed by atoms with Crippen LogP contribution in [0.2, 0.25) is 0 Å². The molecule has 1 fully saturated rings. The van der Waals surface area contributed by atoms with Crippen LogP contribution in [0.1, 0.15) is 18.4 Å². The van der Waals surface area contributed by atoms with Crippen molar-refractivity contribution in [2.24, 2.45) is 5.92 Å². The van der Waals surface area contributed by atoms with Crippen LogP contribution in [-0.2, 0) is 4.79 Å². The third-order valence-corrected chi connectivity index (χ3v) is 4.79. The van der Waals surface area contributed by atoms with Crippen LogP contribution >= 0.6 is 15.9 Å². The van der Waals surface area contributed by atoms with Gasteiger partial charge in [-0.1, -0.05) is 15.9 Å². The third-order valence-electron chi connectivity index (χ3n) is 3.90. The van der Waals surface area contributed by atoms with Gasteiger partial charge in [-0.05, 0) is 69.6 Å². The number of benzene rings is 1. The number of piperidine rings is 1. The van der Waals surface area contributed by atoms with Crippen molar-refractivity contribution >= 4 is 27.5 Å². The van der Waals surface area contributed by atoms with E-state index in [1.54, 1.807) is 0 Å². The van der Waals surface area contributed by atoms with Gasteiger partial charge in [0, 0.05) is 16.7 Å². The second kappa shape index (κ2) is 7.92. The molecule has 116 valence electrons. The number of likely N-dealkylation sites (tertiary alicyclic amines) is 1. The summed E-state index contributed by atoms with van der Waals surface area (Å²) in [6.45, 7) is 5.56. The standard InChI is InChI=1S/C16H24BrN3O/c1-12-8-14(5-6-15(12)17)19-16(21)11-20-7-3-4-13(10-20)9-18-2/h5-6,8,13,18H,3-4,7,9-11H2,1-2H3,(H,19,21). The lowest BCUT2D eigenvalue weighted by Crippen LogP contribution is -2.42. The average molecular weight is 354 g/mol. The van der Waals surface area contributed by atoms with Gasteiger partial charge in [-0.25, -0.2) is 0 Å². The van der Waals surface area contributed by atoms with Crippen LogP contribution in [-0.4, -0.2) is 44.0 Å². The third kappa shape index (κ3) is 5.09. The SMILES string of the molecule is CNCC1CCCN(CC(=O)Nc2ccc(Br)c(C)c2)C1. The molecule has 21 heavy (non-hydrogen) atoms. The van der Waals surface area contributed by atoms with Crippen molar-refractivity contribution in [3.05, 3.63) is 28.2 Å². The molecular formula is C16H24BrN3O. The second-order valence-corrected chi connectivity index (χ2v) is 6.67. The predicted octanol–water partition coefficient (Wildman–Crippen LogP) is 2.63. The first-order chi connectivity index (χ1) is 10.1. The number of hydrogen-bond acceptors (Lipinski definition) is 3. The van der Waals surface area contributed by atoms with Gasteiger partial charge in [0.2, 0.25) is 5.91 Å². The maximum absolute atomic E-state index is 12.2. The van der Waals surface area contributed by atoms with Crippen LogP contribution in [0, 0.1) is 12.8 Å². The molecule has 0 bridgehead atoms. The zero-order valence-corrected chi connectivity index (χ0v) is 14.4. The Morgan fingerprint density at radius 2 is 2.29 bits per heavy atom. The number of anilines is 1. The van der Waals surface area contributed by atoms with Crippen molar-refractivity contribution in [2.75, 3.05) is 38.5 Å². The minimum atomic E-state index is 0.0711. The number of nitrogens with one attached hydrogen (secondary N) is 2. The Hall–Kier alpha value is -0.910. The van der Waals surface area contributed by atoms with Gasteiger partial charge in [0.1, 0.15) is 0 Å². The molecule has 0 saturated carbocycles. The minimum Gasteiger partial charge on any atom is -0.325 e. The quantitative estimate of drug-likeness (QED) is 0.855. The molecule has 1 aliphatic rings. The Morgan fingerprint density at radius 1 is 1.48 bits per heavy atom. The van der Waals surface area contributed by atoms with E-state index in [9.17, 15) is 4.79 Å². The Morgan fingerprint density at radius 3 is 3.00 bits per heavy atom. The molecule has 1 amide bonds. The summed E-state index contributed by atoms with van der Waals surface area (Å²) in [6.07, 6.45) is 2.43. The lowest BCUT2D eigenvalue weighted by Gasteiger charge is -2.32. The van der Waals surface area contributed by atoms with Gasteiger partial charge in [-0.15, -0.1) is 0 Å². The molecule has 1 aliphatic heterocycles. The molecule has 1 aromatic carbocycles. The Kier molecular flexibility index (Phi) is 6.21. The zero-order valence-electron chi connectivity index (χ0n) is 12.8. The lowest BCUT2D eigenvalue weighted by atomic mass is 9.98. The topological polar surface area (TPSA) is 44.4 Å². The number of hydrogen-bond donors (Lipinski definition) is 2. The largest absolute Gasteiger partial charge is 0.325 e. The van der Waals surface area contributed by atoms with Crippen LogP contribution in [0.5, 0.6) is 0 Å². The van der Waals surface area contributed by atoms with Crippen molar-refractivity contribution < 1.29 is 4.79 Å². The van der Waals surface area contributed by atoms with Gasteiger partial charge in [-0.3, -0.25) is 9.69 Å². The molecule has 1 unspecified atom stereocenters. The van der Waals surface area contributed by atoms with E-state index in [4.69, 9.17) is 0 Å². The molecule has 0 aromatic heterocycles. The number of nitrogens with zero attached hydrogens (tertiary/aromatic N) is 1. The molecule has 1 aromatic rings. The van der Waals surface area contributed by atoms with E-state index in [1.165, 1.54) is 12.8 Å². The lowest BCUT2D eigenvalue weighted by molar-refractivity contribution is -0.117. The molecule has 0 radical (unpaired) electrons. The molecular weight excluding hydrogens is 330 g/mol. The van der Waals surface area contributed by atoms with Crippen LogP contribution in [0.15, 0.2) is 22.7 Å². The molecule has 2 N–H and O–H groups in total. The molecule has 0 spiro atoms. The number of rotatable bonds is 5. The summed E-state index contributed by atoms with van der Waals surface area (Å²) < 4.78 is 1.06. The van der Waals surface area contributed by atoms with E-state index in [-0.39, 0.29) is 5.91 Å². The molecule has 0 aliphatic carbocycles. The van der Waals surface area contributed by atoms with Crippen molar-refractivity contribution in [1.82, 2.24) is 10.2 Å². The van der Waals surface area contributed by atoms with E-state index in [2.05, 4.69) is 31.5 Å². The smallest absolute Gasteiger partial charge is 0.238 e. The number of amides is 1. The van der Waals surface area contributed by atoms with E-state index < -0.39 is 0 Å². The van der Waals surface area contributed by atoms with Crippen LogP contribution in [0.3, 0.4) is 0 Å². The highest BCUT2D eigenvalue weighted by atomic mass is 79.9. The van der Waals surface area contributed by atoms with Gasteiger partial charge in [0.05, 0.1) is 6.54 Å². The molecule has 5 heteroatoms. The monoisotopic (exact) mass is 353 g/mol. The molecule has 1 heterocycles. The second-order valence-electron chi connectivity index (χ2n) is 5.81. The fourth-order valence-electron chi connectivity index (χ4n) is 2.88. The summed E-state index contributed by atoms with van der Waals surface area (Å²) in [5.74, 6) is 0.730. The predicted molar refractivity (Wildman–Crippen MR) is 90.6 cm³/mol. The number of carbonyl (C=O) groups excluding carboxylic acids is 1. The molecule has 2 rings (SSSR count). The van der Waals surface area contributed by atoms with Crippen LogP contribution in [0.25, 0.3) is 0 Å². The average Bonchev–Trinajstić information content (AvgIpc) is 2.43. The highest BCUT2D eigenvalue weighted by molar-refractivity contribution is 9.10. The minimum absolute atomic E-state index is 0.0711. The number of halogens is 1. The Balaban J connectivity index is 1.84. The van der Waals surface area contributed by atoms with Gasteiger partial charge < -0.3 is 10.6 Å². The fraction of sp³-hybridized carbons (Fsp3) is 0.562. The number of aryl methyl sites for hydroxylation is 1. The van der Waals surface area contributed by atoms with Crippen LogP contribution in [0.4, 0.5) is 5.69 Å². The van der Waals surface area contributed by atoms with Gasteiger partial charge in [0.25, 0.3) is 0 Å². The highest BCUT2D eigenvalue weighted by Crippen LogP contribution is 2.20. The number of carbonyl (C=O) groups is 1. The summed E-state index contributed by atoms with van der Waals surface area (Å²) in [4.78, 5) is 14.4. The summed E-state index contributed by atoms with van der Waals surface area (Å²) >= 11 is 3.47. The first-order valence-electron chi connectivity index (χ1n) is 7.51. The van der Waals surface area contributed by atoms with Gasteiger partial charge in [0.15, 0.2) is 0 Å². The summed E-state index contributed by atoms with van der Waals surface area (Å²) in [7, 11) is 1.99. The van der Waals surface area contributed by atoms with E-state index in [0.29, 0.717) is 12.5 Å². The van der Waals surface area contributed by atoms with E-state index in [1.807, 2.05) is 32.2 Å². The van der Waals surface area contributed by atoms with E-state index >= 15 is 0 Å². The molecule has 1 saturated heterocycles. The summed E-state index contributed by atoms with van der Waals surface area (Å²) in [5, 5.41) is 6.22. The highest BCUT2D eigenvalue weighted by Gasteiger charge is 2.21. The molecule has 1 atom stereocenters. The first-order valence-corrected chi connectivity index (χ1v) is 8.30. The zero-order chi connectivity index (χ0) is 15.2. The first kappa shape index (κ1) is 16.5. The van der Waals surface area contributed by atoms with Crippen LogP contribution < -0.4 is 10.6 Å². The van der Waals surface area contributed by atoms with Crippen molar-refractivity contribution in [1.29, 1.82) is 0 Å². The van der Waals surface area contributed by atoms with Crippen molar-refractivity contribution in [2.45, 2.75) is 19.8 Å². The summed E-state index contributed by atoms with van der Waals surface area (Å²) in [5.41, 5.74) is 1.99. The fourth-order valence-corrected chi connectivity index (χ4v) is 3.12. The Bertz CT molecular complexity index is 490. The molecule has 4 nitrogen and oxygen atoms in total. The van der Waals surface area contributed by atoms with Gasteiger partial charge >= 0.3 is 0 Å². The van der Waals surface area contributed by atoms with Crippen molar-refractivity contribution in [3.63, 3.8) is 0 Å². The van der Waals surface area contributed by atoms with E-state index in [0.717, 1.165) is 35.4 Å². The van der Waals surface area contributed by atoms with Gasteiger partial charge in [-0.2, -0.15) is 0 Å².